The molecule has 2 spiro atoms. The number of halogens is 1. The van der Waals surface area contributed by atoms with Crippen LogP contribution in [0.1, 0.15) is 85.7 Å². The number of rotatable bonds is 4. The van der Waals surface area contributed by atoms with Crippen LogP contribution in [0.25, 0.3) is 0 Å². The van der Waals surface area contributed by atoms with Crippen LogP contribution < -0.4 is 15.4 Å². The number of alkyl halides is 1. The second-order valence-electron chi connectivity index (χ2n) is 13.6. The third-order valence-electron chi connectivity index (χ3n) is 11.1. The van der Waals surface area contributed by atoms with Crippen LogP contribution in [0.4, 0.5) is 15.9 Å². The second-order valence-corrected chi connectivity index (χ2v) is 13.6. The number of carbonyl (C=O) groups is 1. The summed E-state index contributed by atoms with van der Waals surface area (Å²) in [5.41, 5.74) is 9.11. The van der Waals surface area contributed by atoms with Crippen molar-refractivity contribution in [3.63, 3.8) is 0 Å². The van der Waals surface area contributed by atoms with Gasteiger partial charge in [0.25, 0.3) is 0 Å². The third-order valence-corrected chi connectivity index (χ3v) is 11.1. The molecule has 2 N–H and O–H groups in total. The highest BCUT2D eigenvalue weighted by molar-refractivity contribution is 6.02. The van der Waals surface area contributed by atoms with Crippen LogP contribution in [0.15, 0.2) is 12.1 Å². The van der Waals surface area contributed by atoms with Crippen molar-refractivity contribution >= 4 is 17.4 Å². The lowest BCUT2D eigenvalue weighted by atomic mass is 9.69. The predicted molar refractivity (Wildman–Crippen MR) is 154 cm³/mol. The highest BCUT2D eigenvalue weighted by Crippen LogP contribution is 2.52. The number of benzene rings is 1. The van der Waals surface area contributed by atoms with Gasteiger partial charge in [-0.1, -0.05) is 13.0 Å². The van der Waals surface area contributed by atoms with Gasteiger partial charge in [0.05, 0.1) is 42.0 Å². The Labute approximate surface area is 250 Å². The van der Waals surface area contributed by atoms with Crippen molar-refractivity contribution in [1.29, 1.82) is 5.26 Å². The Bertz CT molecular complexity index is 1560. The second kappa shape index (κ2) is 9.58. The number of nitrogens with two attached hydrogens (primary N) is 1. The summed E-state index contributed by atoms with van der Waals surface area (Å²) in [7, 11) is 0. The lowest BCUT2D eigenvalue weighted by Gasteiger charge is -2.50. The molecule has 0 unspecified atom stereocenters. The van der Waals surface area contributed by atoms with E-state index in [2.05, 4.69) is 17.9 Å². The van der Waals surface area contributed by atoms with Gasteiger partial charge in [-0.3, -0.25) is 14.6 Å². The molecule has 4 saturated heterocycles. The molecule has 8 rings (SSSR count). The molecular formula is C32H37FN6O4. The summed E-state index contributed by atoms with van der Waals surface area (Å²) >= 11 is 0. The maximum absolute atomic E-state index is 14.5. The third kappa shape index (κ3) is 3.95. The van der Waals surface area contributed by atoms with Gasteiger partial charge in [-0.05, 0) is 56.2 Å². The van der Waals surface area contributed by atoms with Crippen LogP contribution in [-0.4, -0.2) is 70.9 Å². The number of carbonyl (C=O) groups excluding carboxylic acids is 1. The quantitative estimate of drug-likeness (QED) is 0.421. The minimum Gasteiger partial charge on any atom is -0.461 e. The highest BCUT2D eigenvalue weighted by Gasteiger charge is 2.56. The molecule has 11 heteroatoms. The van der Waals surface area contributed by atoms with Gasteiger partial charge in [0.1, 0.15) is 30.3 Å². The maximum atomic E-state index is 14.5. The summed E-state index contributed by atoms with van der Waals surface area (Å²) in [6.45, 7) is 5.02. The summed E-state index contributed by atoms with van der Waals surface area (Å²) < 4.78 is 33.4. The lowest BCUT2D eigenvalue weighted by molar-refractivity contribution is -0.127. The summed E-state index contributed by atoms with van der Waals surface area (Å²) in [5, 5.41) is 10.2. The first kappa shape index (κ1) is 27.2. The molecule has 0 bridgehead atoms. The number of aromatic nitrogens is 2. The normalized spacial score (nSPS) is 34.6. The molecule has 1 aliphatic carbocycles. The molecule has 2 aromatic rings. The molecular weight excluding hydrogens is 551 g/mol. The number of hydrogen-bond donors (Lipinski definition) is 1. The van der Waals surface area contributed by atoms with Crippen molar-refractivity contribution < 1.29 is 23.4 Å². The first-order valence-electron chi connectivity index (χ1n) is 15.6. The van der Waals surface area contributed by atoms with E-state index in [0.717, 1.165) is 54.6 Å². The zero-order valence-electron chi connectivity index (χ0n) is 24.5. The van der Waals surface area contributed by atoms with Crippen LogP contribution >= 0.6 is 0 Å². The molecule has 1 amide bonds. The van der Waals surface area contributed by atoms with E-state index >= 15 is 0 Å². The topological polar surface area (TPSA) is 127 Å². The Hall–Kier alpha value is -3.33. The fourth-order valence-corrected chi connectivity index (χ4v) is 8.79. The molecule has 10 nitrogen and oxygen atoms in total. The van der Waals surface area contributed by atoms with Crippen LogP contribution in [0.2, 0.25) is 0 Å². The highest BCUT2D eigenvalue weighted by atomic mass is 19.1. The van der Waals surface area contributed by atoms with Gasteiger partial charge >= 0.3 is 6.01 Å². The van der Waals surface area contributed by atoms with Crippen molar-refractivity contribution in [2.75, 3.05) is 43.5 Å². The van der Waals surface area contributed by atoms with Gasteiger partial charge in [0, 0.05) is 42.8 Å². The van der Waals surface area contributed by atoms with E-state index < -0.39 is 17.3 Å². The number of amides is 1. The Morgan fingerprint density at radius 3 is 2.93 bits per heavy atom. The van der Waals surface area contributed by atoms with Gasteiger partial charge in [0.15, 0.2) is 0 Å². The zero-order valence-corrected chi connectivity index (χ0v) is 24.5. The molecule has 4 fully saturated rings. The van der Waals surface area contributed by atoms with Crippen molar-refractivity contribution in [3.05, 3.63) is 40.1 Å². The first-order valence-corrected chi connectivity index (χ1v) is 15.6. The molecule has 6 heterocycles. The Balaban J connectivity index is 1.21. The molecule has 1 aromatic carbocycles. The standard InChI is InChI=1S/C32H37FN6O4/c1-19-5-7-32(27-21(19)3-4-24(35)22(27)14-34)12-25-23(16-43-32)28(39-26(40)13-31(39)8-10-41-17-31)37-29(36-25)42-18-30-6-2-9-38(30)15-20(33)11-30/h3-4,19-20H,2,5-13,15-18,35H2,1H3/t19-,20+,30-,31+,32-/m0/s1. The fourth-order valence-electron chi connectivity index (χ4n) is 8.79. The van der Waals surface area contributed by atoms with Crippen molar-refractivity contribution in [1.82, 2.24) is 14.9 Å². The van der Waals surface area contributed by atoms with E-state index in [1.54, 1.807) is 4.90 Å². The van der Waals surface area contributed by atoms with Crippen molar-refractivity contribution in [3.8, 4) is 12.1 Å². The fraction of sp³-hybridized carbons (Fsp3) is 0.625. The SMILES string of the molecule is C[C@H]1CC[C@]2(Cc3nc(OC[C@@]45CCCN4C[C@H](F)C5)nc(N4C(=O)C[C@@]45CCOC5)c3CO2)c2c1ccc(N)c2C#N. The van der Waals surface area contributed by atoms with E-state index in [9.17, 15) is 14.4 Å². The van der Waals surface area contributed by atoms with E-state index in [0.29, 0.717) is 69.1 Å². The predicted octanol–water partition coefficient (Wildman–Crippen LogP) is 3.65. The molecule has 226 valence electrons. The number of β-lactam (4-membered cyclic amide) rings is 1. The van der Waals surface area contributed by atoms with Crippen molar-refractivity contribution in [2.45, 2.75) is 93.7 Å². The van der Waals surface area contributed by atoms with Gasteiger partial charge < -0.3 is 19.9 Å². The smallest absolute Gasteiger partial charge is 0.318 e. The summed E-state index contributed by atoms with van der Waals surface area (Å²) in [4.78, 5) is 27.0. The van der Waals surface area contributed by atoms with E-state index in [1.165, 1.54) is 0 Å². The Kier molecular flexibility index (Phi) is 6.07. The number of ether oxygens (including phenoxy) is 3. The Morgan fingerprint density at radius 1 is 1.26 bits per heavy atom. The molecule has 43 heavy (non-hydrogen) atoms. The van der Waals surface area contributed by atoms with Gasteiger partial charge in [-0.2, -0.15) is 15.2 Å². The number of hydrogen-bond acceptors (Lipinski definition) is 9. The van der Waals surface area contributed by atoms with E-state index in [1.807, 2.05) is 12.1 Å². The Morgan fingerprint density at radius 2 is 2.14 bits per heavy atom. The van der Waals surface area contributed by atoms with Crippen LogP contribution in [0.3, 0.4) is 0 Å². The van der Waals surface area contributed by atoms with Gasteiger partial charge in [-0.15, -0.1) is 0 Å². The number of fused-ring (bicyclic) bond motifs is 4. The molecule has 0 saturated carbocycles. The monoisotopic (exact) mass is 588 g/mol. The number of nitrogens with zero attached hydrogens (tertiary/aromatic N) is 5. The van der Waals surface area contributed by atoms with E-state index in [4.69, 9.17) is 29.9 Å². The largest absolute Gasteiger partial charge is 0.461 e. The number of nitrogen functional groups attached to an aromatic ring is 1. The van der Waals surface area contributed by atoms with Crippen LogP contribution in [0, 0.1) is 11.3 Å². The minimum atomic E-state index is -0.864. The molecule has 6 aliphatic rings. The number of nitriles is 1. The van der Waals surface area contributed by atoms with Gasteiger partial charge in [-0.25, -0.2) is 4.39 Å². The first-order chi connectivity index (χ1) is 20.8. The summed E-state index contributed by atoms with van der Waals surface area (Å²) in [5.74, 6) is 0.772. The van der Waals surface area contributed by atoms with Crippen LogP contribution in [-0.2, 0) is 32.9 Å². The molecule has 1 aromatic heterocycles. The maximum Gasteiger partial charge on any atom is 0.318 e. The minimum absolute atomic E-state index is 0.00867. The zero-order chi connectivity index (χ0) is 29.6. The average Bonchev–Trinajstić information content (AvgIpc) is 3.69. The summed E-state index contributed by atoms with van der Waals surface area (Å²) in [6, 6.07) is 6.37. The lowest BCUT2D eigenvalue weighted by Crippen LogP contribution is -2.65. The number of anilines is 2. The van der Waals surface area contributed by atoms with Crippen LogP contribution in [0.5, 0.6) is 6.01 Å². The molecule has 0 radical (unpaired) electrons. The molecule has 5 aliphatic heterocycles. The molecule has 5 atom stereocenters. The van der Waals surface area contributed by atoms with E-state index in [-0.39, 0.29) is 30.0 Å². The summed E-state index contributed by atoms with van der Waals surface area (Å²) in [6.07, 6.45) is 4.64. The van der Waals surface area contributed by atoms with Gasteiger partial charge in [0.2, 0.25) is 5.91 Å². The van der Waals surface area contributed by atoms with Crippen molar-refractivity contribution in [2.24, 2.45) is 0 Å². The average molecular weight is 589 g/mol.